The van der Waals surface area contributed by atoms with Crippen molar-refractivity contribution in [1.29, 1.82) is 5.41 Å². The Labute approximate surface area is 786 Å². The molecule has 6 unspecified atom stereocenters. The number of aliphatic hydroxyl groups is 1. The molecule has 0 saturated carbocycles. The van der Waals surface area contributed by atoms with E-state index in [9.17, 15) is 4.79 Å². The molecule has 0 bridgehead atoms. The molecule has 0 radical (unpaired) electrons. The van der Waals surface area contributed by atoms with Gasteiger partial charge in [-0.3, -0.25) is 20.1 Å². The number of carbonyl (C=O) groups excluding carboxylic acids is 1. The summed E-state index contributed by atoms with van der Waals surface area (Å²) in [7, 11) is 28.9. The average Bonchev–Trinajstić information content (AvgIpc) is 1.73. The number of amidine groups is 1. The second-order valence-corrected chi connectivity index (χ2v) is 34.4. The molecule has 39 nitrogen and oxygen atoms in total. The molecule has 0 aromatic carbocycles. The van der Waals surface area contributed by atoms with Crippen molar-refractivity contribution in [2.75, 3.05) is 340 Å². The van der Waals surface area contributed by atoms with Crippen LogP contribution in [-0.4, -0.2) is 446 Å². The third-order valence-corrected chi connectivity index (χ3v) is 20.8. The van der Waals surface area contributed by atoms with E-state index < -0.39 is 0 Å². The van der Waals surface area contributed by atoms with Crippen LogP contribution in [0.2, 0.25) is 0 Å². The van der Waals surface area contributed by atoms with Crippen LogP contribution >= 0.6 is 23.5 Å². The number of ether oxygens (including phenoxy) is 3. The van der Waals surface area contributed by atoms with Crippen LogP contribution < -0.4 is 150 Å². The Hall–Kier alpha value is -3.33. The van der Waals surface area contributed by atoms with Gasteiger partial charge in [0.05, 0.1) is 43.8 Å². The molecule has 0 aromatic rings. The zero-order valence-electron chi connectivity index (χ0n) is 84.9. The van der Waals surface area contributed by atoms with E-state index in [0.29, 0.717) is 76.8 Å². The maximum Gasteiger partial charge on any atom is 0.323 e. The van der Waals surface area contributed by atoms with E-state index in [-0.39, 0.29) is 52.3 Å². The summed E-state index contributed by atoms with van der Waals surface area (Å²) in [5.74, 6) is 7.41. The molecule has 7 heterocycles. The number of thioether (sulfide) groups is 2. The number of likely N-dealkylation sites (tertiary alicyclic amines) is 4. The molecule has 7 aliphatic rings. The Kier molecular flexibility index (Phi) is 128. The highest BCUT2D eigenvalue weighted by Crippen LogP contribution is 2.18. The van der Waals surface area contributed by atoms with E-state index in [0.717, 1.165) is 143 Å². The lowest BCUT2D eigenvalue weighted by atomic mass is 10.1. The Bertz CT molecular complexity index is 2190. The number of β-amino-alcohol motifs (C(OH)–C–C–N with tert-alkyl or cyclic N) is 1. The number of aliphatic imine (C=N–C) groups is 1. The lowest BCUT2D eigenvalue weighted by Gasteiger charge is -2.25. The lowest BCUT2D eigenvalue weighted by molar-refractivity contribution is -0.147. The standard InChI is InChI=1S/C8H16N2O2.2C6H14N2.C5H15N3.C5H12N2O.5C5H12N2.C5H10N2.C5H13NO.C5H13NS.C4H12N4.C4H11N3.C4H11NO.C4H11NS/c1-3-12-8(11)7-4-6(9)5-10(7)2;1-8-4-2-6(7)3-5-8;1-7-6-2-4-8-5-3-6;1-8-4-5(2-6)3-7;1-7-2-4(6)5(8)3-7;1-7-4-2-6-3-5-7;1-7-3-2-5(6)4-7;1-6-5-2-3-7-4-5;3*1-7-5-3-2-4-6;2*1-5(2,4-6)7-3;1-7-2-3-8-4(5)6;1-7-3-2-4(5)6;2*1-6-4-2-3-5/h6-7H,3-5,9H2,1-2H3;6H,2-5,7H2,1H3;6-8H,2-5H2,1H3;5,8H,2-4,6-7H2,1H3;4-5,8H,2-3,6H2,1H3;6H,2-5H2,1H3;5H,2-4,6H2,1H3;5-7H,2-4H2,1H3;2*2-3,7H,4-6H2,1H3;7H,4-6H2,1H3;2*4,6H2,1-3H3;7H,2-3H2,1H3,(H4,5,6,8);7H,2-3H2,1H3,(H3,5,6);2*2-5H2,1H3/b;;;;;;;;3-2+;3-2-;;;;;;;. The molecule has 0 aromatic heterocycles. The number of esters is 1. The first-order chi connectivity index (χ1) is 60.4. The lowest BCUT2D eigenvalue weighted by Crippen LogP contribution is -2.40. The van der Waals surface area contributed by atoms with Crippen LogP contribution in [0.25, 0.3) is 0 Å². The number of nitrogens with two attached hydrogens (primary N) is 16. The number of aliphatic hydroxyl groups excluding tert-OH is 1. The molecule has 0 aliphatic carbocycles. The van der Waals surface area contributed by atoms with Gasteiger partial charge in [0.1, 0.15) is 6.04 Å². The molecule has 768 valence electrons. The SMILES string of the molecule is CCOC(=O)C1CC(N)CN1C.CN1CC(N)C(O)C1.CN1CCC(N)C1.CN1CCC(N)CC1.CN1CCNCC1.CNC/C=C/CN.CNC/C=C\CN.CNC1CCNC1.CNC1CCNCC1.CNCC#CCN.CNCC(CN)CN.CNCCC(=N)N.CNCCN=C(N)N.COC(C)(C)CN.COCCCN.CSC(C)(C)CN.CSCCCN. The van der Waals surface area contributed by atoms with Gasteiger partial charge in [-0.15, -0.1) is 0 Å². The fourth-order valence-electron chi connectivity index (χ4n) is 9.90. The number of hydrogen-bond acceptors (Lipinski definition) is 38. The van der Waals surface area contributed by atoms with Gasteiger partial charge >= 0.3 is 5.97 Å². The first kappa shape index (κ1) is 144. The number of likely N-dealkylation sites (N-methyl/N-ethyl adjacent to an activating group) is 8. The smallest absolute Gasteiger partial charge is 0.323 e. The van der Waals surface area contributed by atoms with Crippen molar-refractivity contribution < 1.29 is 24.1 Å². The topological polar surface area (TPSA) is 666 Å². The van der Waals surface area contributed by atoms with E-state index in [2.05, 4.69) is 138 Å². The molecular weight excluding hydrogens is 1650 g/mol. The fraction of sp³-hybridized carbons (Fsp3) is 0.895. The minimum absolute atomic E-state index is 0.0278. The van der Waals surface area contributed by atoms with Crippen molar-refractivity contribution in [3.05, 3.63) is 24.3 Å². The van der Waals surface area contributed by atoms with Crippen LogP contribution in [0.5, 0.6) is 0 Å². The second kappa shape index (κ2) is 113. The molecule has 0 spiro atoms. The Morgan fingerprint density at radius 3 is 1.35 bits per heavy atom. The highest BCUT2D eigenvalue weighted by Gasteiger charge is 2.33. The van der Waals surface area contributed by atoms with E-state index in [1.165, 1.54) is 96.6 Å². The number of methoxy groups -OCH3 is 2. The summed E-state index contributed by atoms with van der Waals surface area (Å²) in [6.07, 6.45) is 22.6. The number of rotatable bonds is 31. The van der Waals surface area contributed by atoms with Crippen LogP contribution in [0.4, 0.5) is 0 Å². The van der Waals surface area contributed by atoms with Crippen molar-refractivity contribution in [2.45, 2.75) is 158 Å². The summed E-state index contributed by atoms with van der Waals surface area (Å²) >= 11 is 3.65. The fourth-order valence-corrected chi connectivity index (χ4v) is 10.5. The first-order valence-electron chi connectivity index (χ1n) is 45.6. The molecule has 6 atom stereocenters. The van der Waals surface area contributed by atoms with Gasteiger partial charge in [0.15, 0.2) is 5.96 Å². The third kappa shape index (κ3) is 125. The van der Waals surface area contributed by atoms with Crippen molar-refractivity contribution in [2.24, 2.45) is 103 Å². The van der Waals surface area contributed by atoms with Crippen LogP contribution in [-0.2, 0) is 19.0 Å². The minimum Gasteiger partial charge on any atom is -0.465 e. The van der Waals surface area contributed by atoms with Crippen LogP contribution in [0.15, 0.2) is 29.3 Å². The molecule has 0 amide bonds. The van der Waals surface area contributed by atoms with Gasteiger partial charge in [-0.05, 0) is 274 Å². The van der Waals surface area contributed by atoms with Gasteiger partial charge in [-0.1, -0.05) is 36.1 Å². The highest BCUT2D eigenvalue weighted by molar-refractivity contribution is 8.00. The zero-order chi connectivity index (χ0) is 99.2. The molecule has 7 rings (SSSR count). The third-order valence-electron chi connectivity index (χ3n) is 18.8. The summed E-state index contributed by atoms with van der Waals surface area (Å²) in [6, 6.07) is 2.40. The van der Waals surface area contributed by atoms with E-state index >= 15 is 0 Å². The molecule has 41 heteroatoms. The van der Waals surface area contributed by atoms with Crippen LogP contribution in [0.3, 0.4) is 0 Å². The minimum atomic E-state index is -0.306. The zero-order valence-corrected chi connectivity index (χ0v) is 86.6. The summed E-state index contributed by atoms with van der Waals surface area (Å²) in [4.78, 5) is 25.9. The predicted octanol–water partition coefficient (Wildman–Crippen LogP) is -5.57. The summed E-state index contributed by atoms with van der Waals surface area (Å²) in [6.45, 7) is 39.4. The van der Waals surface area contributed by atoms with E-state index in [4.69, 9.17) is 116 Å². The van der Waals surface area contributed by atoms with Gasteiger partial charge in [-0.2, -0.15) is 23.5 Å². The molecule has 7 aliphatic heterocycles. The largest absolute Gasteiger partial charge is 0.465 e. The normalized spacial score (nSPS) is 19.0. The van der Waals surface area contributed by atoms with E-state index in [1.54, 1.807) is 26.0 Å². The van der Waals surface area contributed by atoms with Gasteiger partial charge < -0.3 is 189 Å². The molecule has 7 fully saturated rings. The molecule has 45 N–H and O–H groups in total. The number of piperidine rings is 2. The van der Waals surface area contributed by atoms with Crippen LogP contribution in [0.1, 0.15) is 98.8 Å². The summed E-state index contributed by atoms with van der Waals surface area (Å²) in [5, 5.41) is 49.6. The van der Waals surface area contributed by atoms with Crippen molar-refractivity contribution >= 4 is 41.3 Å². The van der Waals surface area contributed by atoms with Gasteiger partial charge in [0.2, 0.25) is 0 Å². The van der Waals surface area contributed by atoms with Gasteiger partial charge in [0.25, 0.3) is 0 Å². The maximum absolute atomic E-state index is 11.3. The number of nitrogens with one attached hydrogen (secondary N) is 12. The van der Waals surface area contributed by atoms with Gasteiger partial charge in [-0.25, -0.2) is 0 Å². The maximum atomic E-state index is 11.3. The predicted molar refractivity (Wildman–Crippen MR) is 558 cm³/mol. The quantitative estimate of drug-likeness (QED) is 0.00769. The molecule has 7 saturated heterocycles. The monoisotopic (exact) mass is 1870 g/mol. The number of carbonyl (C=O) groups is 1. The molecular formula is C86H212N34O5S2. The van der Waals surface area contributed by atoms with Crippen molar-refractivity contribution in [3.8, 4) is 11.8 Å². The number of guanidine groups is 1. The Morgan fingerprint density at radius 2 is 1.11 bits per heavy atom. The number of hydrogen-bond donors (Lipinski definition) is 29. The van der Waals surface area contributed by atoms with Crippen LogP contribution in [0, 0.1) is 23.2 Å². The average molecular weight is 1870 g/mol. The van der Waals surface area contributed by atoms with Gasteiger partial charge in [0, 0.05) is 186 Å². The van der Waals surface area contributed by atoms with Crippen molar-refractivity contribution in [1.82, 2.24) is 83.0 Å². The summed E-state index contributed by atoms with van der Waals surface area (Å²) < 4.78 is 14.9. The summed E-state index contributed by atoms with van der Waals surface area (Å²) in [5.41, 5.74) is 84.5. The molecule has 127 heavy (non-hydrogen) atoms. The Balaban J connectivity index is -0.000000144. The second-order valence-electron chi connectivity index (χ2n) is 31.9. The number of piperazine rings is 1. The Morgan fingerprint density at radius 1 is 0.598 bits per heavy atom. The van der Waals surface area contributed by atoms with E-state index in [1.807, 2.05) is 137 Å². The first-order valence-corrected chi connectivity index (χ1v) is 48.2. The number of nitrogens with zero attached hydrogens (tertiary/aromatic N) is 6. The van der Waals surface area contributed by atoms with Crippen molar-refractivity contribution in [3.63, 3.8) is 0 Å². The highest BCUT2D eigenvalue weighted by atomic mass is 32.2.